The predicted octanol–water partition coefficient (Wildman–Crippen LogP) is 4.55. The highest BCUT2D eigenvalue weighted by Crippen LogP contribution is 2.31. The van der Waals surface area contributed by atoms with Crippen molar-refractivity contribution in [3.05, 3.63) is 53.1 Å². The van der Waals surface area contributed by atoms with E-state index in [0.717, 1.165) is 12.1 Å². The Hall–Kier alpha value is -2.74. The molecule has 0 fully saturated rings. The normalized spacial score (nSPS) is 12.0. The van der Waals surface area contributed by atoms with Crippen LogP contribution in [-0.2, 0) is 12.7 Å². The first kappa shape index (κ1) is 20.6. The van der Waals surface area contributed by atoms with E-state index in [1.807, 2.05) is 0 Å². The standard InChI is InChI=1S/C18H18ClF3N4O/c1-24-17(15-8-14(27-2)3-4-16(15)26-10-19)25-9-11-5-12(18(20,21)22)7-13(23)6-11/h3-8,26H,1,9-10,23H2,2H3. The van der Waals surface area contributed by atoms with Gasteiger partial charge >= 0.3 is 6.18 Å². The number of halogens is 4. The summed E-state index contributed by atoms with van der Waals surface area (Å²) in [7, 11) is 1.51. The number of hydrogen-bond donors (Lipinski definition) is 2. The van der Waals surface area contributed by atoms with E-state index in [9.17, 15) is 13.2 Å². The number of benzene rings is 2. The average Bonchev–Trinajstić information content (AvgIpc) is 2.62. The average molecular weight is 399 g/mol. The van der Waals surface area contributed by atoms with Gasteiger partial charge in [0, 0.05) is 16.9 Å². The maximum Gasteiger partial charge on any atom is 0.416 e. The van der Waals surface area contributed by atoms with Crippen molar-refractivity contribution in [3.8, 4) is 5.75 Å². The number of hydrogen-bond acceptors (Lipinski definition) is 4. The summed E-state index contributed by atoms with van der Waals surface area (Å²) in [6.07, 6.45) is -4.49. The third-order valence-electron chi connectivity index (χ3n) is 3.63. The van der Waals surface area contributed by atoms with E-state index in [0.29, 0.717) is 22.6 Å². The molecule has 0 radical (unpaired) electrons. The number of nitrogens with zero attached hydrogens (tertiary/aromatic N) is 2. The summed E-state index contributed by atoms with van der Waals surface area (Å²) in [4.78, 5) is 8.18. The highest BCUT2D eigenvalue weighted by Gasteiger charge is 2.31. The van der Waals surface area contributed by atoms with E-state index in [2.05, 4.69) is 22.0 Å². The van der Waals surface area contributed by atoms with Gasteiger partial charge in [-0.25, -0.2) is 4.99 Å². The molecule has 0 bridgehead atoms. The molecule has 2 rings (SSSR count). The van der Waals surface area contributed by atoms with Gasteiger partial charge in [-0.3, -0.25) is 4.99 Å². The fourth-order valence-electron chi connectivity index (χ4n) is 2.42. The van der Waals surface area contributed by atoms with Crippen LogP contribution in [0.25, 0.3) is 0 Å². The minimum atomic E-state index is -4.49. The second kappa shape index (κ2) is 8.77. The number of aliphatic imine (C=N–C) groups is 2. The van der Waals surface area contributed by atoms with Crippen molar-refractivity contribution in [2.75, 3.05) is 24.2 Å². The van der Waals surface area contributed by atoms with Gasteiger partial charge in [0.25, 0.3) is 0 Å². The summed E-state index contributed by atoms with van der Waals surface area (Å²) in [6.45, 7) is 3.44. The Balaban J connectivity index is 2.40. The monoisotopic (exact) mass is 398 g/mol. The minimum Gasteiger partial charge on any atom is -0.497 e. The number of amidine groups is 1. The fraction of sp³-hybridized carbons (Fsp3) is 0.222. The van der Waals surface area contributed by atoms with Gasteiger partial charge in [0.15, 0.2) is 5.84 Å². The van der Waals surface area contributed by atoms with Crippen LogP contribution in [0.5, 0.6) is 5.75 Å². The fourth-order valence-corrected chi connectivity index (χ4v) is 2.57. The van der Waals surface area contributed by atoms with Crippen molar-refractivity contribution < 1.29 is 17.9 Å². The molecule has 0 aliphatic carbocycles. The number of nitrogen functional groups attached to an aromatic ring is 1. The zero-order valence-electron chi connectivity index (χ0n) is 14.5. The third-order valence-corrected chi connectivity index (χ3v) is 3.76. The number of anilines is 2. The number of nitrogens with one attached hydrogen (secondary N) is 1. The second-order valence-electron chi connectivity index (χ2n) is 5.48. The minimum absolute atomic E-state index is 0.00835. The molecule has 0 saturated carbocycles. The van der Waals surface area contributed by atoms with Crippen LogP contribution < -0.4 is 15.8 Å². The summed E-state index contributed by atoms with van der Waals surface area (Å²) < 4.78 is 44.0. The first-order valence-corrected chi connectivity index (χ1v) is 8.28. The van der Waals surface area contributed by atoms with Gasteiger partial charge in [-0.15, -0.1) is 11.6 Å². The zero-order chi connectivity index (χ0) is 20.0. The summed E-state index contributed by atoms with van der Waals surface area (Å²) in [5, 5.41) is 2.95. The summed E-state index contributed by atoms with van der Waals surface area (Å²) in [6, 6.07) is 8.61. The Morgan fingerprint density at radius 2 is 2.00 bits per heavy atom. The molecule has 0 saturated heterocycles. The maximum absolute atomic E-state index is 12.9. The highest BCUT2D eigenvalue weighted by molar-refractivity contribution is 6.19. The molecule has 5 nitrogen and oxygen atoms in total. The van der Waals surface area contributed by atoms with Crippen LogP contribution in [0.15, 0.2) is 46.4 Å². The number of methoxy groups -OCH3 is 1. The van der Waals surface area contributed by atoms with E-state index in [4.69, 9.17) is 22.1 Å². The molecule has 144 valence electrons. The predicted molar refractivity (Wildman–Crippen MR) is 103 cm³/mol. The Morgan fingerprint density at radius 3 is 2.59 bits per heavy atom. The number of ether oxygens (including phenoxy) is 1. The van der Waals surface area contributed by atoms with E-state index < -0.39 is 11.7 Å². The SMILES string of the molecule is C=NC(=NCc1cc(N)cc(C(F)(F)F)c1)c1cc(OC)ccc1NCCl. The van der Waals surface area contributed by atoms with Crippen LogP contribution in [0.1, 0.15) is 16.7 Å². The van der Waals surface area contributed by atoms with E-state index in [1.165, 1.54) is 13.2 Å². The van der Waals surface area contributed by atoms with E-state index in [-0.39, 0.29) is 24.1 Å². The van der Waals surface area contributed by atoms with Gasteiger partial charge in [-0.05, 0) is 48.7 Å². The molecule has 3 N–H and O–H groups in total. The lowest BCUT2D eigenvalue weighted by molar-refractivity contribution is -0.137. The maximum atomic E-state index is 12.9. The molecule has 0 amide bonds. The van der Waals surface area contributed by atoms with E-state index >= 15 is 0 Å². The van der Waals surface area contributed by atoms with Gasteiger partial charge in [0.2, 0.25) is 0 Å². The summed E-state index contributed by atoms with van der Waals surface area (Å²) >= 11 is 5.73. The number of nitrogens with two attached hydrogens (primary N) is 1. The molecule has 0 spiro atoms. The summed E-state index contributed by atoms with van der Waals surface area (Å²) in [5.74, 6) is 0.794. The van der Waals surface area contributed by atoms with Crippen molar-refractivity contribution in [3.63, 3.8) is 0 Å². The Labute approximate surface area is 159 Å². The molecule has 0 aliphatic heterocycles. The quantitative estimate of drug-likeness (QED) is 0.246. The van der Waals surface area contributed by atoms with Gasteiger partial charge in [0.05, 0.1) is 25.2 Å². The lowest BCUT2D eigenvalue weighted by atomic mass is 10.1. The van der Waals surface area contributed by atoms with Crippen LogP contribution in [0.2, 0.25) is 0 Å². The smallest absolute Gasteiger partial charge is 0.416 e. The van der Waals surface area contributed by atoms with Crippen molar-refractivity contribution >= 4 is 35.5 Å². The van der Waals surface area contributed by atoms with Crippen molar-refractivity contribution in [2.24, 2.45) is 9.98 Å². The van der Waals surface area contributed by atoms with Crippen molar-refractivity contribution in [1.82, 2.24) is 0 Å². The van der Waals surface area contributed by atoms with Crippen LogP contribution >= 0.6 is 11.6 Å². The van der Waals surface area contributed by atoms with Crippen molar-refractivity contribution in [1.29, 1.82) is 0 Å². The Bertz CT molecular complexity index is 853. The summed E-state index contributed by atoms with van der Waals surface area (Å²) in [5.41, 5.74) is 6.27. The molecule has 0 aliphatic rings. The Morgan fingerprint density at radius 1 is 1.26 bits per heavy atom. The molecule has 0 aromatic heterocycles. The van der Waals surface area contributed by atoms with Crippen LogP contribution in [-0.4, -0.2) is 25.7 Å². The third kappa shape index (κ3) is 5.37. The van der Waals surface area contributed by atoms with Gasteiger partial charge in [0.1, 0.15) is 5.75 Å². The molecular formula is C18H18ClF3N4O. The van der Waals surface area contributed by atoms with Gasteiger partial charge < -0.3 is 15.8 Å². The van der Waals surface area contributed by atoms with E-state index in [1.54, 1.807) is 18.2 Å². The van der Waals surface area contributed by atoms with Crippen LogP contribution in [0, 0.1) is 0 Å². The molecule has 9 heteroatoms. The van der Waals surface area contributed by atoms with Gasteiger partial charge in [-0.1, -0.05) is 0 Å². The number of rotatable bonds is 6. The first-order chi connectivity index (χ1) is 12.8. The molecule has 0 atom stereocenters. The lowest BCUT2D eigenvalue weighted by Crippen LogP contribution is -2.08. The van der Waals surface area contributed by atoms with Crippen molar-refractivity contribution in [2.45, 2.75) is 12.7 Å². The van der Waals surface area contributed by atoms with Crippen LogP contribution in [0.3, 0.4) is 0 Å². The van der Waals surface area contributed by atoms with Crippen LogP contribution in [0.4, 0.5) is 24.5 Å². The largest absolute Gasteiger partial charge is 0.497 e. The Kier molecular flexibility index (Phi) is 6.68. The number of alkyl halides is 4. The molecule has 0 unspecified atom stereocenters. The molecule has 2 aromatic rings. The lowest BCUT2D eigenvalue weighted by Gasteiger charge is -2.12. The second-order valence-corrected chi connectivity index (χ2v) is 5.75. The highest BCUT2D eigenvalue weighted by atomic mass is 35.5. The zero-order valence-corrected chi connectivity index (χ0v) is 15.2. The topological polar surface area (TPSA) is 72.0 Å². The molecule has 0 heterocycles. The molecular weight excluding hydrogens is 381 g/mol. The molecule has 27 heavy (non-hydrogen) atoms. The van der Waals surface area contributed by atoms with Gasteiger partial charge in [-0.2, -0.15) is 13.2 Å². The first-order valence-electron chi connectivity index (χ1n) is 7.74. The molecule has 2 aromatic carbocycles.